The van der Waals surface area contributed by atoms with Crippen LogP contribution in [0.15, 0.2) is 36.5 Å². The molecular weight excluding hydrogens is 252 g/mol. The van der Waals surface area contributed by atoms with Crippen molar-refractivity contribution < 1.29 is 4.79 Å². The topological polar surface area (TPSA) is 66.9 Å². The number of hydrogen-bond donors (Lipinski definition) is 2. The van der Waals surface area contributed by atoms with Gasteiger partial charge in [-0.05, 0) is 44.5 Å². The lowest BCUT2D eigenvalue weighted by Gasteiger charge is -2.09. The SMILES string of the molecule is Cc1cccc(Nc2nccc(C(=O)NC(C)C)n2)c1. The lowest BCUT2D eigenvalue weighted by atomic mass is 10.2. The fourth-order valence-electron chi connectivity index (χ4n) is 1.73. The van der Waals surface area contributed by atoms with Gasteiger partial charge in [-0.2, -0.15) is 0 Å². The van der Waals surface area contributed by atoms with E-state index in [2.05, 4.69) is 20.6 Å². The molecular formula is C15H18N4O. The van der Waals surface area contributed by atoms with E-state index in [9.17, 15) is 4.79 Å². The summed E-state index contributed by atoms with van der Waals surface area (Å²) in [5.74, 6) is 0.210. The van der Waals surface area contributed by atoms with Gasteiger partial charge in [0.25, 0.3) is 5.91 Å². The number of aromatic nitrogens is 2. The van der Waals surface area contributed by atoms with Crippen LogP contribution < -0.4 is 10.6 Å². The summed E-state index contributed by atoms with van der Waals surface area (Å²) in [6, 6.07) is 9.55. The molecule has 0 bridgehead atoms. The molecule has 5 heteroatoms. The van der Waals surface area contributed by atoms with E-state index in [1.54, 1.807) is 12.3 Å². The zero-order valence-electron chi connectivity index (χ0n) is 11.8. The Morgan fingerprint density at radius 3 is 2.75 bits per heavy atom. The molecule has 5 nitrogen and oxygen atoms in total. The Balaban J connectivity index is 2.15. The lowest BCUT2D eigenvalue weighted by Crippen LogP contribution is -2.30. The van der Waals surface area contributed by atoms with E-state index in [1.165, 1.54) is 0 Å². The van der Waals surface area contributed by atoms with E-state index in [0.717, 1.165) is 11.3 Å². The van der Waals surface area contributed by atoms with Crippen molar-refractivity contribution in [2.75, 3.05) is 5.32 Å². The van der Waals surface area contributed by atoms with Crippen LogP contribution in [0.25, 0.3) is 0 Å². The van der Waals surface area contributed by atoms with E-state index in [-0.39, 0.29) is 11.9 Å². The number of nitrogens with zero attached hydrogens (tertiary/aromatic N) is 2. The van der Waals surface area contributed by atoms with Crippen molar-refractivity contribution in [2.45, 2.75) is 26.8 Å². The molecule has 0 saturated carbocycles. The minimum atomic E-state index is -0.199. The highest BCUT2D eigenvalue weighted by molar-refractivity contribution is 5.92. The number of anilines is 2. The molecule has 0 radical (unpaired) electrons. The first-order valence-corrected chi connectivity index (χ1v) is 6.52. The molecule has 2 aromatic rings. The maximum absolute atomic E-state index is 11.9. The molecule has 1 aromatic heterocycles. The molecule has 20 heavy (non-hydrogen) atoms. The van der Waals surface area contributed by atoms with Gasteiger partial charge in [0.1, 0.15) is 5.69 Å². The number of carbonyl (C=O) groups excluding carboxylic acids is 1. The Hall–Kier alpha value is -2.43. The summed E-state index contributed by atoms with van der Waals surface area (Å²) < 4.78 is 0. The minimum absolute atomic E-state index is 0.0747. The number of carbonyl (C=O) groups is 1. The largest absolute Gasteiger partial charge is 0.349 e. The van der Waals surface area contributed by atoms with Crippen molar-refractivity contribution in [1.29, 1.82) is 0 Å². The molecule has 2 N–H and O–H groups in total. The second-order valence-corrected chi connectivity index (χ2v) is 4.89. The third-order valence-corrected chi connectivity index (χ3v) is 2.58. The van der Waals surface area contributed by atoms with Gasteiger partial charge in [-0.15, -0.1) is 0 Å². The first-order valence-electron chi connectivity index (χ1n) is 6.52. The zero-order chi connectivity index (χ0) is 14.5. The highest BCUT2D eigenvalue weighted by atomic mass is 16.1. The molecule has 0 fully saturated rings. The molecule has 0 spiro atoms. The van der Waals surface area contributed by atoms with Crippen LogP contribution in [0, 0.1) is 6.92 Å². The van der Waals surface area contributed by atoms with E-state index < -0.39 is 0 Å². The first kappa shape index (κ1) is 14.0. The van der Waals surface area contributed by atoms with Crippen LogP contribution in [0.1, 0.15) is 29.9 Å². The maximum atomic E-state index is 11.9. The molecule has 0 atom stereocenters. The Labute approximate surface area is 118 Å². The number of amides is 1. The van der Waals surface area contributed by atoms with Crippen molar-refractivity contribution in [2.24, 2.45) is 0 Å². The molecule has 1 heterocycles. The van der Waals surface area contributed by atoms with Crippen molar-refractivity contribution in [3.05, 3.63) is 47.8 Å². The standard InChI is InChI=1S/C15H18N4O/c1-10(2)17-14(20)13-7-8-16-15(19-13)18-12-6-4-5-11(3)9-12/h4-10H,1-3H3,(H,17,20)(H,16,18,19). The smallest absolute Gasteiger partial charge is 0.270 e. The van der Waals surface area contributed by atoms with E-state index in [1.807, 2.05) is 45.0 Å². The first-order chi connectivity index (χ1) is 9.54. The molecule has 0 unspecified atom stereocenters. The van der Waals surface area contributed by atoms with E-state index in [4.69, 9.17) is 0 Å². The van der Waals surface area contributed by atoms with Crippen molar-refractivity contribution >= 4 is 17.5 Å². The number of hydrogen-bond acceptors (Lipinski definition) is 4. The van der Waals surface area contributed by atoms with Crippen LogP contribution >= 0.6 is 0 Å². The normalized spacial score (nSPS) is 10.4. The second-order valence-electron chi connectivity index (χ2n) is 4.89. The average molecular weight is 270 g/mol. The number of nitrogens with one attached hydrogen (secondary N) is 2. The number of aryl methyl sites for hydroxylation is 1. The van der Waals surface area contributed by atoms with Crippen LogP contribution in [0.2, 0.25) is 0 Å². The highest BCUT2D eigenvalue weighted by Gasteiger charge is 2.09. The number of rotatable bonds is 4. The van der Waals surface area contributed by atoms with Gasteiger partial charge in [0.2, 0.25) is 5.95 Å². The Kier molecular flexibility index (Phi) is 4.30. The van der Waals surface area contributed by atoms with Crippen molar-refractivity contribution in [3.8, 4) is 0 Å². The predicted octanol–water partition coefficient (Wildman–Crippen LogP) is 2.67. The molecule has 0 aliphatic heterocycles. The van der Waals surface area contributed by atoms with Gasteiger partial charge in [-0.25, -0.2) is 9.97 Å². The van der Waals surface area contributed by atoms with E-state index in [0.29, 0.717) is 11.6 Å². The summed E-state index contributed by atoms with van der Waals surface area (Å²) in [5.41, 5.74) is 2.39. The zero-order valence-corrected chi connectivity index (χ0v) is 11.8. The van der Waals surface area contributed by atoms with Gasteiger partial charge >= 0.3 is 0 Å². The van der Waals surface area contributed by atoms with Gasteiger partial charge in [-0.3, -0.25) is 4.79 Å². The van der Waals surface area contributed by atoms with Crippen molar-refractivity contribution in [1.82, 2.24) is 15.3 Å². The van der Waals surface area contributed by atoms with Crippen molar-refractivity contribution in [3.63, 3.8) is 0 Å². The van der Waals surface area contributed by atoms with E-state index >= 15 is 0 Å². The fraction of sp³-hybridized carbons (Fsp3) is 0.267. The quantitative estimate of drug-likeness (QED) is 0.896. The molecule has 2 rings (SSSR count). The summed E-state index contributed by atoms with van der Waals surface area (Å²) in [6.07, 6.45) is 1.57. The molecule has 1 amide bonds. The fourth-order valence-corrected chi connectivity index (χ4v) is 1.73. The van der Waals surface area contributed by atoms with Gasteiger partial charge in [-0.1, -0.05) is 12.1 Å². The lowest BCUT2D eigenvalue weighted by molar-refractivity contribution is 0.0938. The predicted molar refractivity (Wildman–Crippen MR) is 79.1 cm³/mol. The van der Waals surface area contributed by atoms with Crippen LogP contribution in [0.4, 0.5) is 11.6 Å². The van der Waals surface area contributed by atoms with Crippen LogP contribution in [-0.4, -0.2) is 21.9 Å². The third kappa shape index (κ3) is 3.78. The Morgan fingerprint density at radius 2 is 2.05 bits per heavy atom. The Bertz CT molecular complexity index is 610. The molecule has 1 aromatic carbocycles. The number of benzene rings is 1. The second kappa shape index (κ2) is 6.14. The van der Waals surface area contributed by atoms with Gasteiger partial charge < -0.3 is 10.6 Å². The van der Waals surface area contributed by atoms with Gasteiger partial charge in [0.05, 0.1) is 0 Å². The highest BCUT2D eigenvalue weighted by Crippen LogP contribution is 2.14. The molecule has 104 valence electrons. The van der Waals surface area contributed by atoms with Gasteiger partial charge in [0.15, 0.2) is 0 Å². The summed E-state index contributed by atoms with van der Waals surface area (Å²) >= 11 is 0. The third-order valence-electron chi connectivity index (χ3n) is 2.58. The maximum Gasteiger partial charge on any atom is 0.270 e. The Morgan fingerprint density at radius 1 is 1.25 bits per heavy atom. The minimum Gasteiger partial charge on any atom is -0.349 e. The monoisotopic (exact) mass is 270 g/mol. The van der Waals surface area contributed by atoms with Crippen LogP contribution in [-0.2, 0) is 0 Å². The summed E-state index contributed by atoms with van der Waals surface area (Å²) in [4.78, 5) is 20.2. The van der Waals surface area contributed by atoms with Gasteiger partial charge in [0, 0.05) is 17.9 Å². The van der Waals surface area contributed by atoms with Crippen LogP contribution in [0.3, 0.4) is 0 Å². The summed E-state index contributed by atoms with van der Waals surface area (Å²) in [5, 5.41) is 5.89. The average Bonchev–Trinajstić information content (AvgIpc) is 2.38. The summed E-state index contributed by atoms with van der Waals surface area (Å²) in [7, 11) is 0. The molecule has 0 saturated heterocycles. The molecule has 0 aliphatic carbocycles. The molecule has 0 aliphatic rings. The summed E-state index contributed by atoms with van der Waals surface area (Å²) in [6.45, 7) is 5.83. The van der Waals surface area contributed by atoms with Crippen LogP contribution in [0.5, 0.6) is 0 Å².